The number of hydrogen-bond donors (Lipinski definition) is 1. The van der Waals surface area contributed by atoms with Crippen molar-refractivity contribution < 1.29 is 0 Å². The number of aryl methyl sites for hydroxylation is 1. The van der Waals surface area contributed by atoms with Crippen LogP contribution >= 0.6 is 28.6 Å². The quantitative estimate of drug-likeness (QED) is 0.857. The lowest BCUT2D eigenvalue weighted by Crippen LogP contribution is -2.47. The first-order valence-corrected chi connectivity index (χ1v) is 7.47. The number of piperazine rings is 1. The first-order valence-electron chi connectivity index (χ1n) is 6.05. The minimum Gasteiger partial charge on any atom is -0.368 e. The van der Waals surface area contributed by atoms with Crippen LogP contribution in [0.3, 0.4) is 0 Å². The third-order valence-corrected chi connectivity index (χ3v) is 4.07. The molecule has 0 radical (unpaired) electrons. The molecule has 94 valence electrons. The van der Waals surface area contributed by atoms with Crippen LogP contribution in [0, 0.1) is 6.92 Å². The van der Waals surface area contributed by atoms with Gasteiger partial charge in [0.25, 0.3) is 0 Å². The van der Waals surface area contributed by atoms with Crippen LogP contribution in [0.1, 0.15) is 5.56 Å². The third kappa shape index (κ3) is 3.39. The summed E-state index contributed by atoms with van der Waals surface area (Å²) >= 11 is 7.95. The van der Waals surface area contributed by atoms with E-state index in [0.717, 1.165) is 38.5 Å². The zero-order valence-corrected chi connectivity index (χ0v) is 12.7. The molecule has 17 heavy (non-hydrogen) atoms. The van der Waals surface area contributed by atoms with Gasteiger partial charge in [0.2, 0.25) is 0 Å². The number of thiol groups is 1. The van der Waals surface area contributed by atoms with Gasteiger partial charge in [0, 0.05) is 42.9 Å². The summed E-state index contributed by atoms with van der Waals surface area (Å²) in [6.07, 6.45) is 0. The Morgan fingerprint density at radius 3 is 2.53 bits per heavy atom. The zero-order valence-electron chi connectivity index (χ0n) is 10.2. The Hall–Kier alpha value is -0.190. The van der Waals surface area contributed by atoms with E-state index in [2.05, 4.69) is 63.5 Å². The molecule has 0 atom stereocenters. The van der Waals surface area contributed by atoms with Gasteiger partial charge in [0.05, 0.1) is 5.69 Å². The fraction of sp³-hybridized carbons (Fsp3) is 0.538. The Balaban J connectivity index is 2.00. The number of halogens is 1. The van der Waals surface area contributed by atoms with Crippen LogP contribution in [0.2, 0.25) is 0 Å². The molecular weight excluding hydrogens is 296 g/mol. The van der Waals surface area contributed by atoms with Gasteiger partial charge in [-0.2, -0.15) is 12.6 Å². The maximum Gasteiger partial charge on any atom is 0.0511 e. The molecule has 0 spiro atoms. The molecular formula is C13H19BrN2S. The molecule has 0 aromatic heterocycles. The Morgan fingerprint density at radius 2 is 1.94 bits per heavy atom. The molecule has 1 heterocycles. The number of hydrogen-bond acceptors (Lipinski definition) is 3. The standard InChI is InChI=1S/C13H19BrN2S/c1-11-2-3-13(12(14)10-11)16-6-4-15(5-7-16)8-9-17/h2-3,10,17H,4-9H2,1H3. The number of anilines is 1. The maximum atomic E-state index is 4.29. The van der Waals surface area contributed by atoms with Crippen molar-refractivity contribution in [3.63, 3.8) is 0 Å². The predicted octanol–water partition coefficient (Wildman–Crippen LogP) is 2.81. The van der Waals surface area contributed by atoms with Gasteiger partial charge in [-0.05, 0) is 40.5 Å². The molecule has 0 N–H and O–H groups in total. The average Bonchev–Trinajstić information content (AvgIpc) is 2.31. The predicted molar refractivity (Wildman–Crippen MR) is 81.4 cm³/mol. The normalized spacial score (nSPS) is 17.5. The minimum atomic E-state index is 0.953. The van der Waals surface area contributed by atoms with E-state index in [1.165, 1.54) is 15.7 Å². The van der Waals surface area contributed by atoms with Crippen molar-refractivity contribution in [3.8, 4) is 0 Å². The van der Waals surface area contributed by atoms with E-state index >= 15 is 0 Å². The summed E-state index contributed by atoms with van der Waals surface area (Å²) in [6.45, 7) is 7.72. The van der Waals surface area contributed by atoms with Gasteiger partial charge in [0.15, 0.2) is 0 Å². The molecule has 4 heteroatoms. The largest absolute Gasteiger partial charge is 0.368 e. The van der Waals surface area contributed by atoms with Crippen LogP contribution < -0.4 is 4.90 Å². The van der Waals surface area contributed by atoms with Crippen LogP contribution in [0.15, 0.2) is 22.7 Å². The lowest BCUT2D eigenvalue weighted by Gasteiger charge is -2.36. The summed E-state index contributed by atoms with van der Waals surface area (Å²) in [5, 5.41) is 0. The van der Waals surface area contributed by atoms with E-state index in [0.29, 0.717) is 0 Å². The van der Waals surface area contributed by atoms with Crippen LogP contribution in [-0.4, -0.2) is 43.4 Å². The van der Waals surface area contributed by atoms with Crippen LogP contribution in [0.4, 0.5) is 5.69 Å². The van der Waals surface area contributed by atoms with Crippen molar-refractivity contribution in [1.29, 1.82) is 0 Å². The van der Waals surface area contributed by atoms with Crippen LogP contribution in [0.5, 0.6) is 0 Å². The van der Waals surface area contributed by atoms with E-state index < -0.39 is 0 Å². The van der Waals surface area contributed by atoms with Gasteiger partial charge in [-0.3, -0.25) is 4.90 Å². The summed E-state index contributed by atoms with van der Waals surface area (Å²) in [4.78, 5) is 4.93. The highest BCUT2D eigenvalue weighted by atomic mass is 79.9. The summed E-state index contributed by atoms with van der Waals surface area (Å²) in [5.41, 5.74) is 2.62. The van der Waals surface area contributed by atoms with Crippen molar-refractivity contribution >= 4 is 34.2 Å². The summed E-state index contributed by atoms with van der Waals surface area (Å²) in [6, 6.07) is 6.59. The molecule has 1 fully saturated rings. The van der Waals surface area contributed by atoms with Gasteiger partial charge in [-0.25, -0.2) is 0 Å². The fourth-order valence-electron chi connectivity index (χ4n) is 2.22. The van der Waals surface area contributed by atoms with E-state index in [1.54, 1.807) is 0 Å². The Morgan fingerprint density at radius 1 is 1.24 bits per heavy atom. The SMILES string of the molecule is Cc1ccc(N2CCN(CCS)CC2)c(Br)c1. The van der Waals surface area contributed by atoms with Gasteiger partial charge < -0.3 is 4.90 Å². The van der Waals surface area contributed by atoms with E-state index in [1.807, 2.05) is 0 Å². The second-order valence-corrected chi connectivity index (χ2v) is 5.81. The smallest absolute Gasteiger partial charge is 0.0511 e. The highest BCUT2D eigenvalue weighted by Gasteiger charge is 2.17. The molecule has 0 amide bonds. The maximum absolute atomic E-state index is 4.29. The summed E-state index contributed by atoms with van der Waals surface area (Å²) < 4.78 is 1.21. The van der Waals surface area contributed by atoms with Crippen molar-refractivity contribution in [2.75, 3.05) is 43.4 Å². The second kappa shape index (κ2) is 6.12. The summed E-state index contributed by atoms with van der Waals surface area (Å²) in [5.74, 6) is 0.953. The highest BCUT2D eigenvalue weighted by molar-refractivity contribution is 9.10. The lowest BCUT2D eigenvalue weighted by molar-refractivity contribution is 0.273. The monoisotopic (exact) mass is 314 g/mol. The molecule has 1 aliphatic heterocycles. The Bertz CT molecular complexity index is 376. The van der Waals surface area contributed by atoms with Crippen LogP contribution in [0.25, 0.3) is 0 Å². The molecule has 0 aliphatic carbocycles. The van der Waals surface area contributed by atoms with Crippen molar-refractivity contribution in [3.05, 3.63) is 28.2 Å². The third-order valence-electron chi connectivity index (χ3n) is 3.23. The lowest BCUT2D eigenvalue weighted by atomic mass is 10.2. The fourth-order valence-corrected chi connectivity index (χ4v) is 3.25. The first-order chi connectivity index (χ1) is 8.20. The molecule has 2 rings (SSSR count). The van der Waals surface area contributed by atoms with E-state index in [-0.39, 0.29) is 0 Å². The highest BCUT2D eigenvalue weighted by Crippen LogP contribution is 2.27. The molecule has 1 saturated heterocycles. The molecule has 0 unspecified atom stereocenters. The Kier molecular flexibility index (Phi) is 4.77. The molecule has 0 bridgehead atoms. The van der Waals surface area contributed by atoms with Crippen molar-refractivity contribution in [2.45, 2.75) is 6.92 Å². The number of benzene rings is 1. The van der Waals surface area contributed by atoms with Crippen LogP contribution in [-0.2, 0) is 0 Å². The average molecular weight is 315 g/mol. The first kappa shape index (κ1) is 13.2. The number of rotatable bonds is 3. The van der Waals surface area contributed by atoms with Gasteiger partial charge >= 0.3 is 0 Å². The van der Waals surface area contributed by atoms with Gasteiger partial charge in [-0.1, -0.05) is 6.07 Å². The zero-order chi connectivity index (χ0) is 12.3. The molecule has 1 aliphatic rings. The van der Waals surface area contributed by atoms with E-state index in [4.69, 9.17) is 0 Å². The molecule has 1 aromatic carbocycles. The molecule has 1 aromatic rings. The topological polar surface area (TPSA) is 6.48 Å². The molecule has 2 nitrogen and oxygen atoms in total. The Labute approximate surface area is 118 Å². The molecule has 0 saturated carbocycles. The number of nitrogens with zero attached hydrogens (tertiary/aromatic N) is 2. The van der Waals surface area contributed by atoms with Crippen molar-refractivity contribution in [1.82, 2.24) is 4.90 Å². The van der Waals surface area contributed by atoms with Crippen molar-refractivity contribution in [2.24, 2.45) is 0 Å². The van der Waals surface area contributed by atoms with E-state index in [9.17, 15) is 0 Å². The second-order valence-electron chi connectivity index (χ2n) is 4.51. The summed E-state index contributed by atoms with van der Waals surface area (Å²) in [7, 11) is 0. The minimum absolute atomic E-state index is 0.953. The van der Waals surface area contributed by atoms with Gasteiger partial charge in [0.1, 0.15) is 0 Å². The van der Waals surface area contributed by atoms with Gasteiger partial charge in [-0.15, -0.1) is 0 Å².